The first-order valence-electron chi connectivity index (χ1n) is 4.83. The molecule has 0 amide bonds. The van der Waals surface area contributed by atoms with Crippen molar-refractivity contribution in [2.45, 2.75) is 13.8 Å². The van der Waals surface area contributed by atoms with Gasteiger partial charge in [0.25, 0.3) is 0 Å². The summed E-state index contributed by atoms with van der Waals surface area (Å²) in [7, 11) is 0. The zero-order chi connectivity index (χ0) is 11.3. The van der Waals surface area contributed by atoms with Gasteiger partial charge in [-0.15, -0.1) is 0 Å². The molecule has 0 aliphatic heterocycles. The largest absolute Gasteiger partial charge is 0.378 e. The lowest BCUT2D eigenvalue weighted by molar-refractivity contribution is -0.380. The fraction of sp³-hybridized carbons (Fsp3) is 0.400. The van der Waals surface area contributed by atoms with Gasteiger partial charge in [-0.2, -0.15) is 0 Å². The van der Waals surface area contributed by atoms with Gasteiger partial charge in [0.05, 0.1) is 4.92 Å². The monoisotopic (exact) mass is 226 g/mol. The molecule has 0 spiro atoms. The molecular weight excluding hydrogens is 212 g/mol. The van der Waals surface area contributed by atoms with Crippen LogP contribution in [0.3, 0.4) is 0 Å². The minimum Gasteiger partial charge on any atom is -0.378 e. The molecule has 1 heterocycles. The molecule has 15 heavy (non-hydrogen) atoms. The quantitative estimate of drug-likeness (QED) is 0.572. The van der Waals surface area contributed by atoms with E-state index in [2.05, 4.69) is 18.7 Å². The Morgan fingerprint density at radius 2 is 2.13 bits per heavy atom. The first-order valence-corrected chi connectivity index (χ1v) is 5.65. The Morgan fingerprint density at radius 3 is 2.60 bits per heavy atom. The van der Waals surface area contributed by atoms with Crippen LogP contribution in [0.1, 0.15) is 18.7 Å². The molecule has 0 aromatic carbocycles. The Hall–Kier alpha value is -1.36. The van der Waals surface area contributed by atoms with Crippen LogP contribution in [0.15, 0.2) is 18.3 Å². The second kappa shape index (κ2) is 5.50. The molecular formula is C10H14N2O2S. The predicted octanol–water partition coefficient (Wildman–Crippen LogP) is 2.97. The topological polar surface area (TPSA) is 46.4 Å². The van der Waals surface area contributed by atoms with Gasteiger partial charge in [0, 0.05) is 30.2 Å². The van der Waals surface area contributed by atoms with Gasteiger partial charge in [-0.1, -0.05) is 11.3 Å². The molecule has 4 nitrogen and oxygen atoms in total. The molecule has 1 aromatic rings. The zero-order valence-corrected chi connectivity index (χ0v) is 9.66. The van der Waals surface area contributed by atoms with Gasteiger partial charge in [-0.05, 0) is 26.0 Å². The van der Waals surface area contributed by atoms with Crippen molar-refractivity contribution in [1.82, 2.24) is 4.90 Å². The molecule has 0 unspecified atom stereocenters. The molecule has 0 fully saturated rings. The molecule has 0 N–H and O–H groups in total. The molecule has 0 atom stereocenters. The van der Waals surface area contributed by atoms with E-state index in [0.717, 1.165) is 18.0 Å². The van der Waals surface area contributed by atoms with Crippen molar-refractivity contribution in [2.75, 3.05) is 13.1 Å². The van der Waals surface area contributed by atoms with E-state index in [0.29, 0.717) is 0 Å². The van der Waals surface area contributed by atoms with Gasteiger partial charge in [0.15, 0.2) is 0 Å². The van der Waals surface area contributed by atoms with Crippen LogP contribution in [0.4, 0.5) is 5.00 Å². The number of hydrogen-bond donors (Lipinski definition) is 0. The molecule has 0 aliphatic rings. The van der Waals surface area contributed by atoms with E-state index in [-0.39, 0.29) is 9.92 Å². The number of rotatable bonds is 5. The predicted molar refractivity (Wildman–Crippen MR) is 62.9 cm³/mol. The average Bonchev–Trinajstić information content (AvgIpc) is 2.68. The summed E-state index contributed by atoms with van der Waals surface area (Å²) in [5.74, 6) is 0. The fourth-order valence-electron chi connectivity index (χ4n) is 1.14. The highest BCUT2D eigenvalue weighted by atomic mass is 32.1. The molecule has 0 aliphatic carbocycles. The van der Waals surface area contributed by atoms with E-state index in [9.17, 15) is 10.1 Å². The summed E-state index contributed by atoms with van der Waals surface area (Å²) in [6, 6.07) is 3.30. The van der Waals surface area contributed by atoms with Crippen LogP contribution in [0.5, 0.6) is 0 Å². The van der Waals surface area contributed by atoms with Crippen molar-refractivity contribution in [3.05, 3.63) is 33.3 Å². The fourth-order valence-corrected chi connectivity index (χ4v) is 1.86. The van der Waals surface area contributed by atoms with E-state index in [4.69, 9.17) is 0 Å². The van der Waals surface area contributed by atoms with Crippen LogP contribution in [-0.2, 0) is 0 Å². The summed E-state index contributed by atoms with van der Waals surface area (Å²) in [5, 5.41) is 10.6. The summed E-state index contributed by atoms with van der Waals surface area (Å²) in [5.41, 5.74) is 0. The van der Waals surface area contributed by atoms with E-state index < -0.39 is 0 Å². The van der Waals surface area contributed by atoms with Crippen LogP contribution in [0.25, 0.3) is 6.08 Å². The summed E-state index contributed by atoms with van der Waals surface area (Å²) < 4.78 is 0. The Bertz CT molecular complexity index is 356. The molecule has 1 rings (SSSR count). The lowest BCUT2D eigenvalue weighted by Crippen LogP contribution is -2.14. The molecule has 82 valence electrons. The first-order chi connectivity index (χ1) is 7.17. The van der Waals surface area contributed by atoms with Crippen LogP contribution in [0.2, 0.25) is 0 Å². The SMILES string of the molecule is CCN(/C=C/c1ccc([N+](=O)[O-])s1)CC. The van der Waals surface area contributed by atoms with Crippen molar-refractivity contribution in [3.63, 3.8) is 0 Å². The minimum absolute atomic E-state index is 0.189. The van der Waals surface area contributed by atoms with E-state index in [1.54, 1.807) is 6.07 Å². The molecule has 1 aromatic heterocycles. The van der Waals surface area contributed by atoms with Crippen LogP contribution < -0.4 is 0 Å². The van der Waals surface area contributed by atoms with Crippen LogP contribution >= 0.6 is 11.3 Å². The van der Waals surface area contributed by atoms with Gasteiger partial charge in [0.1, 0.15) is 0 Å². The second-order valence-corrected chi connectivity index (χ2v) is 4.06. The third-order valence-electron chi connectivity index (χ3n) is 2.05. The summed E-state index contributed by atoms with van der Waals surface area (Å²) in [6.07, 6.45) is 3.88. The number of thiophene rings is 1. The summed E-state index contributed by atoms with van der Waals surface area (Å²) in [6.45, 7) is 6.04. The molecule has 5 heteroatoms. The highest BCUT2D eigenvalue weighted by Gasteiger charge is 2.07. The lowest BCUT2D eigenvalue weighted by Gasteiger charge is -2.13. The standard InChI is InChI=1S/C10H14N2O2S/c1-3-11(4-2)8-7-9-5-6-10(15-9)12(13)14/h5-8H,3-4H2,1-2H3/b8-7+. The molecule has 0 saturated heterocycles. The maximum Gasteiger partial charge on any atom is 0.324 e. The van der Waals surface area contributed by atoms with Crippen molar-refractivity contribution < 1.29 is 4.92 Å². The Balaban J connectivity index is 2.68. The summed E-state index contributed by atoms with van der Waals surface area (Å²) >= 11 is 1.19. The number of nitro groups is 1. The van der Waals surface area contributed by atoms with E-state index in [1.807, 2.05) is 12.3 Å². The zero-order valence-electron chi connectivity index (χ0n) is 8.84. The number of hydrogen-bond acceptors (Lipinski definition) is 4. The maximum absolute atomic E-state index is 10.4. The van der Waals surface area contributed by atoms with Crippen molar-refractivity contribution in [3.8, 4) is 0 Å². The van der Waals surface area contributed by atoms with Crippen LogP contribution in [-0.4, -0.2) is 22.9 Å². The maximum atomic E-state index is 10.4. The van der Waals surface area contributed by atoms with E-state index >= 15 is 0 Å². The van der Waals surface area contributed by atoms with Gasteiger partial charge >= 0.3 is 5.00 Å². The Morgan fingerprint density at radius 1 is 1.47 bits per heavy atom. The van der Waals surface area contributed by atoms with Crippen molar-refractivity contribution in [2.24, 2.45) is 0 Å². The van der Waals surface area contributed by atoms with Gasteiger partial charge in [0.2, 0.25) is 0 Å². The first kappa shape index (κ1) is 11.7. The van der Waals surface area contributed by atoms with Crippen molar-refractivity contribution >= 4 is 22.4 Å². The van der Waals surface area contributed by atoms with Gasteiger partial charge in [-0.25, -0.2) is 0 Å². The highest BCUT2D eigenvalue weighted by Crippen LogP contribution is 2.24. The normalized spacial score (nSPS) is 10.8. The lowest BCUT2D eigenvalue weighted by atomic mass is 10.4. The Kier molecular flexibility index (Phi) is 4.30. The minimum atomic E-state index is -0.362. The third-order valence-corrected chi connectivity index (χ3v) is 3.06. The van der Waals surface area contributed by atoms with Gasteiger partial charge in [-0.3, -0.25) is 10.1 Å². The average molecular weight is 226 g/mol. The van der Waals surface area contributed by atoms with Crippen molar-refractivity contribution in [1.29, 1.82) is 0 Å². The molecule has 0 saturated carbocycles. The molecule has 0 bridgehead atoms. The Labute approximate surface area is 93.0 Å². The van der Waals surface area contributed by atoms with Gasteiger partial charge < -0.3 is 4.90 Å². The van der Waals surface area contributed by atoms with E-state index in [1.165, 1.54) is 17.4 Å². The second-order valence-electron chi connectivity index (χ2n) is 2.97. The highest BCUT2D eigenvalue weighted by molar-refractivity contribution is 7.16. The number of nitrogens with zero attached hydrogens (tertiary/aromatic N) is 2. The van der Waals surface area contributed by atoms with Crippen LogP contribution in [0, 0.1) is 10.1 Å². The third kappa shape index (κ3) is 3.36. The smallest absolute Gasteiger partial charge is 0.324 e. The molecule has 0 radical (unpaired) electrons. The summed E-state index contributed by atoms with van der Waals surface area (Å²) in [4.78, 5) is 13.1.